The van der Waals surface area contributed by atoms with Gasteiger partial charge < -0.3 is 10.0 Å². The Morgan fingerprint density at radius 2 is 2.29 bits per heavy atom. The fraction of sp³-hybridized carbons (Fsp3) is 0.364. The maximum Gasteiger partial charge on any atom is 0.270 e. The maximum absolute atomic E-state index is 10.9. The van der Waals surface area contributed by atoms with Crippen molar-refractivity contribution >= 4 is 17.7 Å². The van der Waals surface area contributed by atoms with Gasteiger partial charge in [0.15, 0.2) is 6.29 Å². The molecule has 0 aromatic heterocycles. The van der Waals surface area contributed by atoms with Crippen molar-refractivity contribution in [1.29, 1.82) is 0 Å². The lowest BCUT2D eigenvalue weighted by Gasteiger charge is -2.19. The predicted octanol–water partition coefficient (Wildman–Crippen LogP) is 0.978. The third-order valence-electron chi connectivity index (χ3n) is 2.85. The summed E-state index contributed by atoms with van der Waals surface area (Å²) in [5.74, 6) is 0. The van der Waals surface area contributed by atoms with E-state index in [1.54, 1.807) is 6.07 Å². The van der Waals surface area contributed by atoms with Crippen LogP contribution in [0, 0.1) is 10.1 Å². The first-order valence-electron chi connectivity index (χ1n) is 5.28. The molecule has 90 valence electrons. The number of carbonyl (C=O) groups excluding carboxylic acids is 1. The number of β-amino-alcohol motifs (C(OH)–C–C–N with tert-alkyl or cyclic N) is 1. The minimum absolute atomic E-state index is 0.101. The Morgan fingerprint density at radius 1 is 1.53 bits per heavy atom. The van der Waals surface area contributed by atoms with Crippen molar-refractivity contribution in [2.45, 2.75) is 12.5 Å². The van der Waals surface area contributed by atoms with Crippen LogP contribution in [0.3, 0.4) is 0 Å². The average molecular weight is 236 g/mol. The summed E-state index contributed by atoms with van der Waals surface area (Å²) in [7, 11) is 0. The molecule has 1 saturated heterocycles. The molecule has 0 amide bonds. The van der Waals surface area contributed by atoms with Crippen molar-refractivity contribution in [2.75, 3.05) is 18.0 Å². The Morgan fingerprint density at radius 3 is 2.82 bits per heavy atom. The van der Waals surface area contributed by atoms with Crippen molar-refractivity contribution < 1.29 is 14.8 Å². The molecule has 17 heavy (non-hydrogen) atoms. The molecular formula is C11H12N2O4. The first kappa shape index (κ1) is 11.5. The highest BCUT2D eigenvalue weighted by atomic mass is 16.6. The Balaban J connectivity index is 2.34. The molecule has 1 unspecified atom stereocenters. The van der Waals surface area contributed by atoms with Gasteiger partial charge in [-0.1, -0.05) is 0 Å². The maximum atomic E-state index is 10.9. The van der Waals surface area contributed by atoms with Crippen LogP contribution in [-0.4, -0.2) is 35.5 Å². The summed E-state index contributed by atoms with van der Waals surface area (Å²) in [6, 6.07) is 4.18. The smallest absolute Gasteiger partial charge is 0.270 e. The molecule has 1 aromatic rings. The summed E-state index contributed by atoms with van der Waals surface area (Å²) in [6.07, 6.45) is 0.854. The quantitative estimate of drug-likeness (QED) is 0.480. The van der Waals surface area contributed by atoms with Crippen molar-refractivity contribution in [3.63, 3.8) is 0 Å². The molecular weight excluding hydrogens is 224 g/mol. The minimum Gasteiger partial charge on any atom is -0.391 e. The van der Waals surface area contributed by atoms with Crippen LogP contribution in [0.1, 0.15) is 16.8 Å². The van der Waals surface area contributed by atoms with Crippen LogP contribution in [0.25, 0.3) is 0 Å². The molecule has 0 radical (unpaired) electrons. The van der Waals surface area contributed by atoms with Gasteiger partial charge >= 0.3 is 0 Å². The van der Waals surface area contributed by atoms with Crippen LogP contribution in [0.4, 0.5) is 11.4 Å². The number of nitrogens with zero attached hydrogens (tertiary/aromatic N) is 2. The lowest BCUT2D eigenvalue weighted by atomic mass is 10.1. The highest BCUT2D eigenvalue weighted by Gasteiger charge is 2.23. The molecule has 0 saturated carbocycles. The van der Waals surface area contributed by atoms with E-state index >= 15 is 0 Å². The first-order valence-corrected chi connectivity index (χ1v) is 5.28. The normalized spacial score (nSPS) is 19.4. The molecule has 0 aliphatic carbocycles. The molecule has 0 bridgehead atoms. The number of carbonyl (C=O) groups is 1. The monoisotopic (exact) mass is 236 g/mol. The molecule has 6 nitrogen and oxygen atoms in total. The summed E-state index contributed by atoms with van der Waals surface area (Å²) in [5, 5.41) is 20.0. The van der Waals surface area contributed by atoms with E-state index in [4.69, 9.17) is 0 Å². The van der Waals surface area contributed by atoms with Crippen LogP contribution in [0.5, 0.6) is 0 Å². The molecule has 2 rings (SSSR count). The van der Waals surface area contributed by atoms with Gasteiger partial charge in [0.05, 0.1) is 11.0 Å². The van der Waals surface area contributed by atoms with E-state index in [0.717, 1.165) is 0 Å². The van der Waals surface area contributed by atoms with E-state index in [9.17, 15) is 20.0 Å². The largest absolute Gasteiger partial charge is 0.391 e. The summed E-state index contributed by atoms with van der Waals surface area (Å²) in [5.41, 5.74) is 0.825. The van der Waals surface area contributed by atoms with Crippen molar-refractivity contribution in [3.05, 3.63) is 33.9 Å². The van der Waals surface area contributed by atoms with E-state index < -0.39 is 11.0 Å². The van der Waals surface area contributed by atoms with E-state index in [-0.39, 0.29) is 11.3 Å². The van der Waals surface area contributed by atoms with Crippen LogP contribution in [-0.2, 0) is 0 Å². The van der Waals surface area contributed by atoms with Crippen molar-refractivity contribution in [2.24, 2.45) is 0 Å². The number of benzene rings is 1. The van der Waals surface area contributed by atoms with E-state index in [1.807, 2.05) is 4.90 Å². The molecule has 1 fully saturated rings. The summed E-state index contributed by atoms with van der Waals surface area (Å²) in [4.78, 5) is 22.8. The average Bonchev–Trinajstić information content (AvgIpc) is 2.74. The van der Waals surface area contributed by atoms with Crippen LogP contribution < -0.4 is 4.90 Å². The zero-order valence-corrected chi connectivity index (χ0v) is 9.07. The predicted molar refractivity (Wildman–Crippen MR) is 61.3 cm³/mol. The van der Waals surface area contributed by atoms with Gasteiger partial charge in [-0.25, -0.2) is 0 Å². The van der Waals surface area contributed by atoms with Crippen LogP contribution >= 0.6 is 0 Å². The summed E-state index contributed by atoms with van der Waals surface area (Å²) >= 11 is 0. The highest BCUT2D eigenvalue weighted by Crippen LogP contribution is 2.27. The number of nitro groups is 1. The van der Waals surface area contributed by atoms with Gasteiger partial charge in [-0.3, -0.25) is 14.9 Å². The number of rotatable bonds is 3. The zero-order valence-electron chi connectivity index (χ0n) is 9.07. The van der Waals surface area contributed by atoms with Gasteiger partial charge in [0, 0.05) is 36.5 Å². The SMILES string of the molecule is O=Cc1cc([N+](=O)[O-])ccc1N1CCC(O)C1. The number of hydrogen-bond acceptors (Lipinski definition) is 5. The highest BCUT2D eigenvalue weighted by molar-refractivity contribution is 5.86. The Bertz CT molecular complexity index is 461. The second-order valence-electron chi connectivity index (χ2n) is 4.01. The second-order valence-corrected chi connectivity index (χ2v) is 4.01. The minimum atomic E-state index is -0.532. The number of anilines is 1. The Hall–Kier alpha value is -1.95. The molecule has 1 aliphatic rings. The summed E-state index contributed by atoms with van der Waals surface area (Å²) < 4.78 is 0. The molecule has 6 heteroatoms. The van der Waals surface area contributed by atoms with Crippen molar-refractivity contribution in [3.8, 4) is 0 Å². The number of aliphatic hydroxyl groups is 1. The van der Waals surface area contributed by atoms with Gasteiger partial charge in [0.1, 0.15) is 0 Å². The van der Waals surface area contributed by atoms with Crippen LogP contribution in [0.15, 0.2) is 18.2 Å². The lowest BCUT2D eigenvalue weighted by molar-refractivity contribution is -0.384. The number of hydrogen-bond donors (Lipinski definition) is 1. The fourth-order valence-corrected chi connectivity index (χ4v) is 2.00. The van der Waals surface area contributed by atoms with E-state index in [0.29, 0.717) is 31.5 Å². The third-order valence-corrected chi connectivity index (χ3v) is 2.85. The number of non-ortho nitro benzene ring substituents is 1. The molecule has 1 aromatic carbocycles. The van der Waals surface area contributed by atoms with Gasteiger partial charge in [-0.05, 0) is 12.5 Å². The molecule has 1 aliphatic heterocycles. The molecule has 1 N–H and O–H groups in total. The third kappa shape index (κ3) is 2.26. The summed E-state index contributed by atoms with van der Waals surface area (Å²) in [6.45, 7) is 1.11. The lowest BCUT2D eigenvalue weighted by Crippen LogP contribution is -2.22. The van der Waals surface area contributed by atoms with Gasteiger partial charge in [0.25, 0.3) is 5.69 Å². The molecule has 1 heterocycles. The topological polar surface area (TPSA) is 83.7 Å². The second kappa shape index (κ2) is 4.50. The number of aldehydes is 1. The fourth-order valence-electron chi connectivity index (χ4n) is 2.00. The first-order chi connectivity index (χ1) is 8.11. The van der Waals surface area contributed by atoms with E-state index in [2.05, 4.69) is 0 Å². The number of nitro benzene ring substituents is 1. The van der Waals surface area contributed by atoms with E-state index in [1.165, 1.54) is 12.1 Å². The van der Waals surface area contributed by atoms with Gasteiger partial charge in [-0.2, -0.15) is 0 Å². The van der Waals surface area contributed by atoms with Gasteiger partial charge in [0.2, 0.25) is 0 Å². The standard InChI is InChI=1S/C11H12N2O4/c14-7-8-5-9(13(16)17)1-2-11(8)12-4-3-10(15)6-12/h1-2,5,7,10,15H,3-4,6H2. The Labute approximate surface area is 97.6 Å². The van der Waals surface area contributed by atoms with Crippen molar-refractivity contribution in [1.82, 2.24) is 0 Å². The molecule has 1 atom stereocenters. The van der Waals surface area contributed by atoms with Crippen LogP contribution in [0.2, 0.25) is 0 Å². The molecule has 0 spiro atoms. The number of aliphatic hydroxyl groups excluding tert-OH is 1. The zero-order chi connectivity index (χ0) is 12.4. The Kier molecular flexibility index (Phi) is 3.06. The van der Waals surface area contributed by atoms with Gasteiger partial charge in [-0.15, -0.1) is 0 Å².